The number of nitrogens with zero attached hydrogens (tertiary/aromatic N) is 1. The van der Waals surface area contributed by atoms with Gasteiger partial charge in [0.05, 0.1) is 23.6 Å². The summed E-state index contributed by atoms with van der Waals surface area (Å²) in [5.41, 5.74) is 0.682. The fraction of sp³-hybridized carbons (Fsp3) is 0.200. The van der Waals surface area contributed by atoms with Crippen molar-refractivity contribution in [3.8, 4) is 11.3 Å². The lowest BCUT2D eigenvalue weighted by atomic mass is 9.99. The highest BCUT2D eigenvalue weighted by atomic mass is 32.2. The molecule has 4 rings (SSSR count). The number of halogens is 4. The van der Waals surface area contributed by atoms with E-state index in [1.165, 1.54) is 25.1 Å². The van der Waals surface area contributed by atoms with Crippen LogP contribution in [0.25, 0.3) is 22.2 Å². The van der Waals surface area contributed by atoms with E-state index in [4.69, 9.17) is 0 Å². The second-order valence-corrected chi connectivity index (χ2v) is 10.3. The predicted molar refractivity (Wildman–Crippen MR) is 132 cm³/mol. The van der Waals surface area contributed by atoms with Crippen molar-refractivity contribution in [3.05, 3.63) is 83.4 Å². The number of aromatic nitrogens is 2. The second kappa shape index (κ2) is 9.85. The Hall–Kier alpha value is -3.93. The van der Waals surface area contributed by atoms with Gasteiger partial charge >= 0.3 is 6.18 Å². The van der Waals surface area contributed by atoms with E-state index in [1.54, 1.807) is 30.5 Å². The molecular weight excluding hydrogens is 512 g/mol. The number of carbonyl (C=O) groups excluding carboxylic acids is 1. The first kappa shape index (κ1) is 26.1. The van der Waals surface area contributed by atoms with E-state index in [0.29, 0.717) is 11.1 Å². The van der Waals surface area contributed by atoms with Crippen molar-refractivity contribution in [3.63, 3.8) is 0 Å². The number of nitrogens with one attached hydrogen (secondary N) is 3. The number of H-pyrrole nitrogens is 1. The highest BCUT2D eigenvalue weighted by molar-refractivity contribution is 7.92. The van der Waals surface area contributed by atoms with Crippen LogP contribution in [0.15, 0.2) is 60.8 Å². The Morgan fingerprint density at radius 3 is 2.51 bits per heavy atom. The fourth-order valence-corrected chi connectivity index (χ4v) is 4.37. The van der Waals surface area contributed by atoms with Crippen LogP contribution in [-0.2, 0) is 27.5 Å². The lowest BCUT2D eigenvalue weighted by Gasteiger charge is -2.16. The molecule has 0 aliphatic heterocycles. The Labute approximate surface area is 210 Å². The van der Waals surface area contributed by atoms with Gasteiger partial charge in [0, 0.05) is 29.2 Å². The van der Waals surface area contributed by atoms with Crippen LogP contribution in [0.1, 0.15) is 29.7 Å². The monoisotopic (exact) mass is 534 g/mol. The highest BCUT2D eigenvalue weighted by Gasteiger charge is 2.33. The summed E-state index contributed by atoms with van der Waals surface area (Å²) in [5, 5.41) is 3.46. The lowest BCUT2D eigenvalue weighted by molar-refractivity contribution is -0.141. The summed E-state index contributed by atoms with van der Waals surface area (Å²) in [6.45, 7) is 1.41. The minimum absolute atomic E-state index is 0.0770. The molecule has 3 N–H and O–H groups in total. The molecule has 0 saturated carbocycles. The largest absolute Gasteiger partial charge is 0.433 e. The molecule has 7 nitrogen and oxygen atoms in total. The molecule has 0 aliphatic carbocycles. The first-order chi connectivity index (χ1) is 17.3. The Kier molecular flexibility index (Phi) is 6.96. The Morgan fingerprint density at radius 2 is 1.84 bits per heavy atom. The minimum Gasteiger partial charge on any atom is -0.361 e. The molecule has 4 aromatic rings. The lowest BCUT2D eigenvalue weighted by Crippen LogP contribution is -2.28. The van der Waals surface area contributed by atoms with Gasteiger partial charge in [-0.05, 0) is 54.4 Å². The number of benzene rings is 2. The van der Waals surface area contributed by atoms with Gasteiger partial charge in [-0.1, -0.05) is 18.2 Å². The third-order valence-corrected chi connectivity index (χ3v) is 6.32. The molecule has 194 valence electrons. The van der Waals surface area contributed by atoms with Gasteiger partial charge in [0.2, 0.25) is 15.9 Å². The summed E-state index contributed by atoms with van der Waals surface area (Å²) in [5.74, 6) is -2.18. The zero-order valence-electron chi connectivity index (χ0n) is 19.7. The number of hydrogen-bond donors (Lipinski definition) is 3. The van der Waals surface area contributed by atoms with E-state index in [0.717, 1.165) is 29.3 Å². The van der Waals surface area contributed by atoms with Crippen molar-refractivity contribution in [1.82, 2.24) is 15.3 Å². The average Bonchev–Trinajstić information content (AvgIpc) is 3.30. The summed E-state index contributed by atoms with van der Waals surface area (Å²) < 4.78 is 79.2. The number of fused-ring (bicyclic) bond motifs is 1. The Morgan fingerprint density at radius 1 is 1.08 bits per heavy atom. The smallest absolute Gasteiger partial charge is 0.361 e. The molecule has 0 fully saturated rings. The molecule has 2 aromatic carbocycles. The molecule has 12 heteroatoms. The van der Waals surface area contributed by atoms with E-state index in [1.807, 2.05) is 4.72 Å². The maximum Gasteiger partial charge on any atom is 0.433 e. The third-order valence-electron chi connectivity index (χ3n) is 5.73. The number of carbonyl (C=O) groups is 1. The summed E-state index contributed by atoms with van der Waals surface area (Å²) in [4.78, 5) is 19.7. The van der Waals surface area contributed by atoms with Crippen LogP contribution in [0.5, 0.6) is 0 Å². The van der Waals surface area contributed by atoms with Gasteiger partial charge in [-0.3, -0.25) is 9.52 Å². The molecule has 37 heavy (non-hydrogen) atoms. The molecular formula is C25H22F4N4O3S. The van der Waals surface area contributed by atoms with Gasteiger partial charge in [0.15, 0.2) is 0 Å². The van der Waals surface area contributed by atoms with Crippen molar-refractivity contribution in [2.75, 3.05) is 11.0 Å². The second-order valence-electron chi connectivity index (χ2n) is 8.53. The van der Waals surface area contributed by atoms with E-state index in [2.05, 4.69) is 15.3 Å². The Balaban J connectivity index is 1.57. The molecule has 0 radical (unpaired) electrons. The highest BCUT2D eigenvalue weighted by Crippen LogP contribution is 2.32. The van der Waals surface area contributed by atoms with E-state index in [9.17, 15) is 30.8 Å². The van der Waals surface area contributed by atoms with E-state index >= 15 is 0 Å². The van der Waals surface area contributed by atoms with Crippen LogP contribution in [0.4, 0.5) is 23.2 Å². The van der Waals surface area contributed by atoms with E-state index in [-0.39, 0.29) is 23.5 Å². The molecule has 0 spiro atoms. The van der Waals surface area contributed by atoms with Gasteiger partial charge in [0.25, 0.3) is 0 Å². The summed E-state index contributed by atoms with van der Waals surface area (Å²) >= 11 is 0. The SMILES string of the molecule is CC(C(=O)NCc1ccc(C(F)(F)F)nc1-c1ccc2[nH]ccc2c1)c1ccc(NS(C)(=O)=O)c(F)c1. The van der Waals surface area contributed by atoms with Crippen molar-refractivity contribution in [2.45, 2.75) is 25.6 Å². The maximum atomic E-state index is 14.4. The van der Waals surface area contributed by atoms with Gasteiger partial charge in [-0.25, -0.2) is 17.8 Å². The van der Waals surface area contributed by atoms with Crippen molar-refractivity contribution in [1.29, 1.82) is 0 Å². The van der Waals surface area contributed by atoms with Crippen LogP contribution in [-0.4, -0.2) is 30.5 Å². The number of hydrogen-bond acceptors (Lipinski definition) is 4. The van der Waals surface area contributed by atoms with Crippen molar-refractivity contribution in [2.24, 2.45) is 0 Å². The maximum absolute atomic E-state index is 14.4. The van der Waals surface area contributed by atoms with Gasteiger partial charge in [-0.2, -0.15) is 13.2 Å². The number of anilines is 1. The van der Waals surface area contributed by atoms with Crippen LogP contribution in [0, 0.1) is 5.82 Å². The van der Waals surface area contributed by atoms with Crippen LogP contribution >= 0.6 is 0 Å². The zero-order valence-corrected chi connectivity index (χ0v) is 20.5. The topological polar surface area (TPSA) is 104 Å². The predicted octanol–water partition coefficient (Wildman–Crippen LogP) is 5.18. The minimum atomic E-state index is -4.65. The normalized spacial score (nSPS) is 12.9. The number of alkyl halides is 3. The summed E-state index contributed by atoms with van der Waals surface area (Å²) in [6, 6.07) is 12.7. The molecule has 1 unspecified atom stereocenters. The fourth-order valence-electron chi connectivity index (χ4n) is 3.81. The number of sulfonamides is 1. The first-order valence-corrected chi connectivity index (χ1v) is 12.9. The van der Waals surface area contributed by atoms with Gasteiger partial charge in [0.1, 0.15) is 11.5 Å². The molecule has 0 bridgehead atoms. The number of amides is 1. The number of aromatic amines is 1. The standard InChI is InChI=1S/C25H22F4N4O3S/c1-14(15-3-7-21(19(26)12-15)33-37(2,35)36)24(34)31-13-18-5-8-22(25(27,28)29)32-23(18)17-4-6-20-16(11-17)9-10-30-20/h3-12,14,30,33H,13H2,1-2H3,(H,31,34). The third kappa shape index (κ3) is 6.08. The van der Waals surface area contributed by atoms with Crippen LogP contribution in [0.3, 0.4) is 0 Å². The molecule has 0 aliphatic rings. The molecule has 0 saturated heterocycles. The Bertz CT molecular complexity index is 1580. The van der Waals surface area contributed by atoms with Crippen LogP contribution in [0.2, 0.25) is 0 Å². The average molecular weight is 535 g/mol. The molecule has 1 atom stereocenters. The van der Waals surface area contributed by atoms with E-state index < -0.39 is 39.5 Å². The van der Waals surface area contributed by atoms with Gasteiger partial charge in [-0.15, -0.1) is 0 Å². The molecule has 2 aromatic heterocycles. The van der Waals surface area contributed by atoms with Gasteiger partial charge < -0.3 is 10.3 Å². The summed E-state index contributed by atoms with van der Waals surface area (Å²) in [7, 11) is -3.68. The zero-order chi connectivity index (χ0) is 27.0. The number of rotatable bonds is 7. The first-order valence-electron chi connectivity index (χ1n) is 11.0. The van der Waals surface area contributed by atoms with Crippen LogP contribution < -0.4 is 10.0 Å². The summed E-state index contributed by atoms with van der Waals surface area (Å²) in [6.07, 6.45) is -2.05. The number of pyridine rings is 1. The van der Waals surface area contributed by atoms with Crippen molar-refractivity contribution < 1.29 is 30.8 Å². The van der Waals surface area contributed by atoms with Crippen molar-refractivity contribution >= 4 is 32.5 Å². The molecule has 2 heterocycles. The quantitative estimate of drug-likeness (QED) is 0.284. The molecule has 1 amide bonds.